The number of aliphatic imine (C=N–C) groups is 1. The molecule has 2 aliphatic rings. The Labute approximate surface area is 126 Å². The molecule has 0 fully saturated rings. The first-order chi connectivity index (χ1) is 9.42. The number of nitrogens with zero attached hydrogens (tertiary/aromatic N) is 3. The number of hydrogen-bond acceptors (Lipinski definition) is 7. The van der Waals surface area contributed by atoms with Crippen LogP contribution in [0.4, 0.5) is 0 Å². The van der Waals surface area contributed by atoms with E-state index < -0.39 is 4.75 Å². The molecular weight excluding hydrogens is 298 g/mol. The minimum Gasteiger partial charge on any atom is -0.465 e. The Kier molecular flexibility index (Phi) is 4.74. The summed E-state index contributed by atoms with van der Waals surface area (Å²) in [5.41, 5.74) is 0. The summed E-state index contributed by atoms with van der Waals surface area (Å²) in [6, 6.07) is 0. The number of ether oxygens (including phenoxy) is 1. The lowest BCUT2D eigenvalue weighted by Gasteiger charge is -2.20. The van der Waals surface area contributed by atoms with Gasteiger partial charge in [-0.1, -0.05) is 11.8 Å². The van der Waals surface area contributed by atoms with Crippen LogP contribution in [0.2, 0.25) is 0 Å². The van der Waals surface area contributed by atoms with E-state index in [1.165, 1.54) is 23.5 Å². The van der Waals surface area contributed by atoms with Gasteiger partial charge in [-0.25, -0.2) is 5.01 Å². The molecule has 2 heterocycles. The fourth-order valence-electron chi connectivity index (χ4n) is 1.67. The topological polar surface area (TPSA) is 71.3 Å². The van der Waals surface area contributed by atoms with Crippen LogP contribution in [0, 0.1) is 0 Å². The molecule has 0 unspecified atom stereocenters. The van der Waals surface area contributed by atoms with Gasteiger partial charge in [0.1, 0.15) is 4.75 Å². The van der Waals surface area contributed by atoms with Crippen LogP contribution < -0.4 is 0 Å². The average Bonchev–Trinajstić information content (AvgIpc) is 2.62. The van der Waals surface area contributed by atoms with Crippen molar-refractivity contribution >= 4 is 44.9 Å². The van der Waals surface area contributed by atoms with E-state index in [1.54, 1.807) is 25.8 Å². The first-order valence-corrected chi connectivity index (χ1v) is 8.07. The number of hydrogen-bond donors (Lipinski definition) is 0. The Hall–Kier alpha value is -1.02. The fourth-order valence-corrected chi connectivity index (χ4v) is 4.08. The molecule has 110 valence electrons. The highest BCUT2D eigenvalue weighted by molar-refractivity contribution is 8.45. The van der Waals surface area contributed by atoms with Crippen LogP contribution in [0.3, 0.4) is 0 Å². The summed E-state index contributed by atoms with van der Waals surface area (Å²) in [6.45, 7) is 6.42. The molecule has 0 bridgehead atoms. The van der Waals surface area contributed by atoms with Gasteiger partial charge in [0, 0.05) is 13.0 Å². The van der Waals surface area contributed by atoms with Gasteiger partial charge in [0.2, 0.25) is 5.91 Å². The van der Waals surface area contributed by atoms with Crippen LogP contribution in [0.5, 0.6) is 0 Å². The highest BCUT2D eigenvalue weighted by Gasteiger charge is 2.36. The van der Waals surface area contributed by atoms with E-state index >= 15 is 0 Å². The molecule has 0 aliphatic carbocycles. The van der Waals surface area contributed by atoms with Gasteiger partial charge in [-0.15, -0.1) is 0 Å². The lowest BCUT2D eigenvalue weighted by molar-refractivity contribution is -0.145. The lowest BCUT2D eigenvalue weighted by Crippen LogP contribution is -2.31. The number of amidine groups is 1. The summed E-state index contributed by atoms with van der Waals surface area (Å²) < 4.78 is 5.06. The predicted octanol–water partition coefficient (Wildman–Crippen LogP) is 2.06. The number of hydrazone groups is 1. The zero-order valence-corrected chi connectivity index (χ0v) is 13.3. The first-order valence-electron chi connectivity index (χ1n) is 6.44. The average molecular weight is 315 g/mol. The molecule has 0 aromatic heterocycles. The Bertz CT molecular complexity index is 488. The zero-order valence-electron chi connectivity index (χ0n) is 11.7. The molecule has 0 spiro atoms. The molecule has 1 amide bonds. The number of thioether (sulfide) groups is 2. The van der Waals surface area contributed by atoms with Crippen molar-refractivity contribution in [1.82, 2.24) is 5.01 Å². The van der Waals surface area contributed by atoms with Crippen molar-refractivity contribution in [3.8, 4) is 0 Å². The van der Waals surface area contributed by atoms with Crippen LogP contribution in [0.15, 0.2) is 10.1 Å². The number of carbonyl (C=O) groups is 2. The normalized spacial score (nSPS) is 19.1. The number of esters is 1. The van der Waals surface area contributed by atoms with Crippen LogP contribution in [-0.2, 0) is 14.3 Å². The number of fused-ring (bicyclic) bond motifs is 1. The molecule has 0 N–H and O–H groups in total. The minimum atomic E-state index is -0.711. The molecule has 8 heteroatoms. The molecule has 2 aliphatic heterocycles. The summed E-state index contributed by atoms with van der Waals surface area (Å²) in [4.78, 5) is 27.3. The molecule has 0 saturated carbocycles. The van der Waals surface area contributed by atoms with E-state index in [0.717, 1.165) is 10.8 Å². The van der Waals surface area contributed by atoms with E-state index in [4.69, 9.17) is 4.74 Å². The van der Waals surface area contributed by atoms with Gasteiger partial charge in [0.15, 0.2) is 9.54 Å². The van der Waals surface area contributed by atoms with E-state index in [9.17, 15) is 9.59 Å². The minimum absolute atomic E-state index is 0.110. The molecule has 0 aromatic rings. The van der Waals surface area contributed by atoms with Gasteiger partial charge in [0.25, 0.3) is 0 Å². The molecular formula is C12H17N3O3S2. The Morgan fingerprint density at radius 2 is 2.30 bits per heavy atom. The maximum Gasteiger partial charge on any atom is 0.322 e. The van der Waals surface area contributed by atoms with Crippen LogP contribution >= 0.6 is 23.5 Å². The second-order valence-corrected chi connectivity index (χ2v) is 7.64. The third-order valence-electron chi connectivity index (χ3n) is 2.69. The fraction of sp³-hybridized carbons (Fsp3) is 0.667. The van der Waals surface area contributed by atoms with E-state index in [1.807, 2.05) is 0 Å². The molecule has 6 nitrogen and oxygen atoms in total. The third-order valence-corrected chi connectivity index (χ3v) is 4.87. The smallest absolute Gasteiger partial charge is 0.322 e. The summed E-state index contributed by atoms with van der Waals surface area (Å²) in [7, 11) is 0. The standard InChI is InChI=1S/C12H17N3O3S2/c1-4-18-9(17)12(2,3)20-11-14-15-7-5-6-8(16)13-10(15)19-11/h4-7H2,1-3H3. The summed E-state index contributed by atoms with van der Waals surface area (Å²) in [6.07, 6.45) is 1.21. The van der Waals surface area contributed by atoms with Crippen molar-refractivity contribution in [2.75, 3.05) is 13.2 Å². The molecule has 0 aromatic carbocycles. The van der Waals surface area contributed by atoms with Gasteiger partial charge in [0.05, 0.1) is 6.61 Å². The Morgan fingerprint density at radius 1 is 1.55 bits per heavy atom. The SMILES string of the molecule is CCOC(=O)C(C)(C)SC1=NN2CCCC(=O)N=C2S1. The van der Waals surface area contributed by atoms with Crippen LogP contribution in [0.1, 0.15) is 33.6 Å². The van der Waals surface area contributed by atoms with Crippen molar-refractivity contribution in [2.24, 2.45) is 10.1 Å². The Balaban J connectivity index is 2.05. The maximum absolute atomic E-state index is 11.9. The number of amides is 1. The number of rotatable bonds is 3. The summed E-state index contributed by atoms with van der Waals surface area (Å²) in [5, 5.41) is 6.76. The van der Waals surface area contributed by atoms with Gasteiger partial charge in [-0.2, -0.15) is 10.1 Å². The van der Waals surface area contributed by atoms with Crippen LogP contribution in [0.25, 0.3) is 0 Å². The van der Waals surface area contributed by atoms with Crippen molar-refractivity contribution in [3.63, 3.8) is 0 Å². The zero-order chi connectivity index (χ0) is 14.8. The lowest BCUT2D eigenvalue weighted by atomic mass is 10.2. The van der Waals surface area contributed by atoms with Crippen molar-refractivity contribution in [2.45, 2.75) is 38.4 Å². The molecule has 0 radical (unpaired) electrons. The molecule has 20 heavy (non-hydrogen) atoms. The van der Waals surface area contributed by atoms with Gasteiger partial charge >= 0.3 is 5.97 Å². The van der Waals surface area contributed by atoms with Crippen molar-refractivity contribution in [3.05, 3.63) is 0 Å². The van der Waals surface area contributed by atoms with Gasteiger partial charge in [-0.05, 0) is 39.0 Å². The van der Waals surface area contributed by atoms with Gasteiger partial charge < -0.3 is 4.74 Å². The quantitative estimate of drug-likeness (QED) is 0.742. The van der Waals surface area contributed by atoms with E-state index in [-0.39, 0.29) is 11.9 Å². The predicted molar refractivity (Wildman–Crippen MR) is 81.7 cm³/mol. The van der Waals surface area contributed by atoms with Crippen molar-refractivity contribution < 1.29 is 14.3 Å². The van der Waals surface area contributed by atoms with Crippen LogP contribution in [-0.4, -0.2) is 44.3 Å². The Morgan fingerprint density at radius 3 is 3.00 bits per heavy atom. The first kappa shape index (κ1) is 15.4. The van der Waals surface area contributed by atoms with E-state index in [2.05, 4.69) is 10.1 Å². The number of carbonyl (C=O) groups excluding carboxylic acids is 2. The highest BCUT2D eigenvalue weighted by atomic mass is 32.2. The molecule has 0 atom stereocenters. The largest absolute Gasteiger partial charge is 0.465 e. The van der Waals surface area contributed by atoms with Crippen molar-refractivity contribution in [1.29, 1.82) is 0 Å². The third kappa shape index (κ3) is 3.54. The summed E-state index contributed by atoms with van der Waals surface area (Å²) in [5.74, 6) is -0.380. The van der Waals surface area contributed by atoms with E-state index in [0.29, 0.717) is 24.7 Å². The molecule has 2 rings (SSSR count). The summed E-state index contributed by atoms with van der Waals surface area (Å²) >= 11 is 2.67. The maximum atomic E-state index is 11.9. The monoisotopic (exact) mass is 315 g/mol. The molecule has 0 saturated heterocycles. The second kappa shape index (κ2) is 6.17. The van der Waals surface area contributed by atoms with Gasteiger partial charge in [-0.3, -0.25) is 9.59 Å². The highest BCUT2D eigenvalue weighted by Crippen LogP contribution is 2.37. The second-order valence-electron chi connectivity index (χ2n) is 4.82.